The summed E-state index contributed by atoms with van der Waals surface area (Å²) in [6.07, 6.45) is 0. The van der Waals surface area contributed by atoms with Crippen LogP contribution in [-0.2, 0) is 10.0 Å². The third-order valence-electron chi connectivity index (χ3n) is 6.57. The molecule has 3 aromatic rings. The van der Waals surface area contributed by atoms with E-state index in [0.717, 1.165) is 9.80 Å². The van der Waals surface area contributed by atoms with Crippen molar-refractivity contribution in [3.63, 3.8) is 0 Å². The number of ether oxygens (including phenoxy) is 1. The van der Waals surface area contributed by atoms with Crippen molar-refractivity contribution < 1.29 is 44.4 Å². The van der Waals surface area contributed by atoms with Gasteiger partial charge in [0.2, 0.25) is 10.0 Å². The lowest BCUT2D eigenvalue weighted by Crippen LogP contribution is -2.51. The number of fused-ring (bicyclic) bond motifs is 2. The lowest BCUT2D eigenvalue weighted by atomic mass is 9.99. The van der Waals surface area contributed by atoms with Crippen LogP contribution in [0.5, 0.6) is 5.75 Å². The van der Waals surface area contributed by atoms with Gasteiger partial charge in [-0.1, -0.05) is 5.16 Å². The summed E-state index contributed by atoms with van der Waals surface area (Å²) < 4.78 is 110. The van der Waals surface area contributed by atoms with Crippen LogP contribution in [0.2, 0.25) is 0 Å². The van der Waals surface area contributed by atoms with Gasteiger partial charge in [-0.15, -0.1) is 0 Å². The summed E-state index contributed by atoms with van der Waals surface area (Å²) in [7, 11) is -3.98. The Bertz CT molecular complexity index is 1520. The van der Waals surface area contributed by atoms with Crippen molar-refractivity contribution in [3.8, 4) is 16.9 Å². The number of halogens is 5. The van der Waals surface area contributed by atoms with Gasteiger partial charge in [0.15, 0.2) is 11.4 Å². The number of aromatic nitrogens is 1. The molecule has 38 heavy (non-hydrogen) atoms. The number of carbonyl (C=O) groups excluding carboxylic acids is 1. The van der Waals surface area contributed by atoms with Crippen LogP contribution < -0.4 is 14.4 Å². The molecule has 2 aliphatic rings. The highest BCUT2D eigenvalue weighted by Crippen LogP contribution is 2.45. The molecule has 204 valence electrons. The second kappa shape index (κ2) is 9.08. The van der Waals surface area contributed by atoms with Gasteiger partial charge in [-0.05, 0) is 19.9 Å². The second-order valence-corrected chi connectivity index (χ2v) is 10.9. The van der Waals surface area contributed by atoms with Crippen molar-refractivity contribution >= 4 is 32.8 Å². The molecule has 2 fully saturated rings. The van der Waals surface area contributed by atoms with E-state index in [-0.39, 0.29) is 34.7 Å². The van der Waals surface area contributed by atoms with E-state index in [1.54, 1.807) is 6.92 Å². The van der Waals surface area contributed by atoms with Crippen LogP contribution in [0.25, 0.3) is 22.1 Å². The molecule has 0 bridgehead atoms. The van der Waals surface area contributed by atoms with Crippen molar-refractivity contribution in [2.75, 3.05) is 30.3 Å². The maximum absolute atomic E-state index is 15.2. The number of alkyl halides is 2. The molecule has 0 spiro atoms. The first-order chi connectivity index (χ1) is 17.9. The third-order valence-corrected chi connectivity index (χ3v) is 7.97. The summed E-state index contributed by atoms with van der Waals surface area (Å²) in [5, 5.41) is 3.75. The van der Waals surface area contributed by atoms with Crippen LogP contribution in [0.15, 0.2) is 28.8 Å². The summed E-state index contributed by atoms with van der Waals surface area (Å²) >= 11 is 0. The third kappa shape index (κ3) is 4.13. The van der Waals surface area contributed by atoms with Gasteiger partial charge in [0.1, 0.15) is 35.3 Å². The first-order valence-electron chi connectivity index (χ1n) is 11.5. The molecule has 1 aromatic heterocycles. The minimum Gasteiger partial charge on any atom is -0.494 e. The van der Waals surface area contributed by atoms with Crippen LogP contribution in [0, 0.1) is 17.5 Å². The summed E-state index contributed by atoms with van der Waals surface area (Å²) in [6.45, 7) is 1.92. The summed E-state index contributed by atoms with van der Waals surface area (Å²) in [6, 6.07) is -0.925. The molecule has 2 atom stereocenters. The second-order valence-electron chi connectivity index (χ2n) is 8.84. The Hall–Kier alpha value is -3.46. The average molecular weight is 561 g/mol. The molecule has 2 aromatic carbocycles. The Morgan fingerprint density at radius 2 is 1.82 bits per heavy atom. The SMILES string of the molecule is CCOc1cc(-c2c(F)cc(F)cc2F)c2c(N3C[C@H]4N(C[C@@H](NS(=O)(=O)CC)C4(F)F)C3=O)noc2c1. The minimum absolute atomic E-state index is 0.0655. The first-order valence-corrected chi connectivity index (χ1v) is 13.2. The molecular formula is C23H21F5N4O5S. The number of hydrogen-bond acceptors (Lipinski definition) is 6. The van der Waals surface area contributed by atoms with E-state index in [4.69, 9.17) is 9.26 Å². The van der Waals surface area contributed by atoms with Crippen molar-refractivity contribution in [1.82, 2.24) is 14.8 Å². The Morgan fingerprint density at radius 3 is 2.42 bits per heavy atom. The molecule has 5 rings (SSSR count). The highest BCUT2D eigenvalue weighted by atomic mass is 32.2. The molecule has 3 heterocycles. The number of rotatable bonds is 7. The van der Waals surface area contributed by atoms with Crippen molar-refractivity contribution in [3.05, 3.63) is 41.7 Å². The van der Waals surface area contributed by atoms with Gasteiger partial charge in [0.25, 0.3) is 5.92 Å². The quantitative estimate of drug-likeness (QED) is 0.440. The molecule has 9 nitrogen and oxygen atoms in total. The number of nitrogens with one attached hydrogen (secondary N) is 1. The van der Waals surface area contributed by atoms with Gasteiger partial charge in [-0.2, -0.15) is 0 Å². The van der Waals surface area contributed by atoms with Crippen LogP contribution >= 0.6 is 0 Å². The van der Waals surface area contributed by atoms with E-state index < -0.39 is 75.9 Å². The van der Waals surface area contributed by atoms with E-state index in [2.05, 4.69) is 5.16 Å². The summed E-state index contributed by atoms with van der Waals surface area (Å²) in [5.74, 6) is -7.87. The highest BCUT2D eigenvalue weighted by Gasteiger charge is 2.63. The molecule has 1 N–H and O–H groups in total. The summed E-state index contributed by atoms with van der Waals surface area (Å²) in [4.78, 5) is 14.9. The Kier molecular flexibility index (Phi) is 6.25. The lowest BCUT2D eigenvalue weighted by Gasteiger charge is -2.23. The number of amides is 2. The van der Waals surface area contributed by atoms with Crippen LogP contribution in [0.1, 0.15) is 13.8 Å². The van der Waals surface area contributed by atoms with E-state index in [1.807, 2.05) is 4.72 Å². The molecule has 15 heteroatoms. The van der Waals surface area contributed by atoms with Gasteiger partial charge in [-0.3, -0.25) is 4.90 Å². The van der Waals surface area contributed by atoms with Gasteiger partial charge in [-0.25, -0.2) is 39.9 Å². The van der Waals surface area contributed by atoms with Crippen molar-refractivity contribution in [2.45, 2.75) is 31.9 Å². The standard InChI is InChI=1S/C23H21F5N4O5S/c1-3-36-12-7-13(19-14(25)5-11(24)6-15(19)26)20-16(8-12)37-29-21(20)32-10-18-23(27,28)17(9-31(18)22(32)33)30-38(34,35)4-2/h5-8,17-18,30H,3-4,9-10H2,1-2H3/t17-,18-/m1/s1. The molecule has 0 unspecified atom stereocenters. The molecule has 0 saturated carbocycles. The fraction of sp³-hybridized carbons (Fsp3) is 0.391. The number of hydrogen-bond donors (Lipinski definition) is 1. The number of anilines is 1. The fourth-order valence-electron chi connectivity index (χ4n) is 4.78. The number of benzene rings is 2. The fourth-order valence-corrected chi connectivity index (χ4v) is 5.61. The van der Waals surface area contributed by atoms with E-state index in [9.17, 15) is 26.4 Å². The predicted octanol–water partition coefficient (Wildman–Crippen LogP) is 3.88. The Labute approximate surface area is 213 Å². The van der Waals surface area contributed by atoms with Crippen LogP contribution in [0.3, 0.4) is 0 Å². The van der Waals surface area contributed by atoms with Gasteiger partial charge in [0, 0.05) is 30.3 Å². The summed E-state index contributed by atoms with van der Waals surface area (Å²) in [5.41, 5.74) is -0.921. The molecule has 2 aliphatic heterocycles. The van der Waals surface area contributed by atoms with E-state index in [0.29, 0.717) is 12.1 Å². The largest absolute Gasteiger partial charge is 0.494 e. The maximum atomic E-state index is 15.2. The number of nitrogens with zero attached hydrogens (tertiary/aromatic N) is 3. The van der Waals surface area contributed by atoms with Gasteiger partial charge >= 0.3 is 6.03 Å². The zero-order valence-electron chi connectivity index (χ0n) is 20.0. The number of urea groups is 1. The Morgan fingerprint density at radius 1 is 1.13 bits per heavy atom. The van der Waals surface area contributed by atoms with Crippen LogP contribution in [-0.4, -0.2) is 68.0 Å². The van der Waals surface area contributed by atoms with E-state index in [1.165, 1.54) is 19.1 Å². The predicted molar refractivity (Wildman–Crippen MR) is 125 cm³/mol. The topological polar surface area (TPSA) is 105 Å². The molecule has 0 aliphatic carbocycles. The normalized spacial score (nSPS) is 21.0. The minimum atomic E-state index is -3.98. The molecular weight excluding hydrogens is 539 g/mol. The maximum Gasteiger partial charge on any atom is 0.326 e. The van der Waals surface area contributed by atoms with E-state index >= 15 is 8.78 Å². The molecule has 2 saturated heterocycles. The zero-order chi connectivity index (χ0) is 27.6. The molecule has 0 radical (unpaired) electrons. The smallest absolute Gasteiger partial charge is 0.326 e. The van der Waals surface area contributed by atoms with Crippen molar-refractivity contribution in [1.29, 1.82) is 0 Å². The molecule has 2 amide bonds. The number of carbonyl (C=O) groups is 1. The number of sulfonamides is 1. The average Bonchev–Trinajstić information content (AvgIpc) is 3.46. The van der Waals surface area contributed by atoms with Crippen LogP contribution in [0.4, 0.5) is 32.6 Å². The van der Waals surface area contributed by atoms with Gasteiger partial charge in [0.05, 0.1) is 29.9 Å². The lowest BCUT2D eigenvalue weighted by molar-refractivity contribution is -0.0324. The van der Waals surface area contributed by atoms with Gasteiger partial charge < -0.3 is 14.2 Å². The highest BCUT2D eigenvalue weighted by molar-refractivity contribution is 7.89. The van der Waals surface area contributed by atoms with Crippen molar-refractivity contribution in [2.24, 2.45) is 0 Å². The monoisotopic (exact) mass is 560 g/mol. The Balaban J connectivity index is 1.59. The zero-order valence-corrected chi connectivity index (χ0v) is 20.8. The first kappa shape index (κ1) is 26.2.